The van der Waals surface area contributed by atoms with Crippen molar-refractivity contribution in [3.63, 3.8) is 0 Å². The van der Waals surface area contributed by atoms with Crippen molar-refractivity contribution in [1.29, 1.82) is 0 Å². The van der Waals surface area contributed by atoms with Gasteiger partial charge in [0.05, 0.1) is 5.54 Å². The Kier molecular flexibility index (Phi) is 2.48. The van der Waals surface area contributed by atoms with Gasteiger partial charge in [0.15, 0.2) is 5.78 Å². The summed E-state index contributed by atoms with van der Waals surface area (Å²) >= 11 is 0. The topological polar surface area (TPSA) is 46.3 Å². The predicted molar refractivity (Wildman–Crippen MR) is 53.2 cm³/mol. The molecule has 0 aromatic heterocycles. The first-order valence-corrected chi connectivity index (χ1v) is 4.64. The smallest absolute Gasteiger partial charge is 0.161 e. The lowest BCUT2D eigenvalue weighted by molar-refractivity contribution is -0.115. The molecule has 1 heterocycles. The molecule has 13 heavy (non-hydrogen) atoms. The average molecular weight is 182 g/mol. The van der Waals surface area contributed by atoms with Crippen molar-refractivity contribution in [2.75, 3.05) is 13.6 Å². The second-order valence-electron chi connectivity index (χ2n) is 4.08. The number of carbonyl (C=O) groups excluding carboxylic acids is 1. The van der Waals surface area contributed by atoms with E-state index in [4.69, 9.17) is 5.73 Å². The maximum atomic E-state index is 11.5. The lowest BCUT2D eigenvalue weighted by Gasteiger charge is -2.28. The van der Waals surface area contributed by atoms with E-state index in [1.54, 1.807) is 0 Å². The Labute approximate surface area is 79.6 Å². The minimum atomic E-state index is -0.167. The fraction of sp³-hybridized carbons (Fsp3) is 0.700. The molecule has 0 spiro atoms. The summed E-state index contributed by atoms with van der Waals surface area (Å²) < 4.78 is 0. The van der Waals surface area contributed by atoms with E-state index in [1.807, 2.05) is 27.8 Å². The first kappa shape index (κ1) is 10.3. The molecule has 0 fully saturated rings. The van der Waals surface area contributed by atoms with Gasteiger partial charge in [-0.3, -0.25) is 9.69 Å². The number of hydrogen-bond donors (Lipinski definition) is 1. The van der Waals surface area contributed by atoms with Crippen molar-refractivity contribution in [2.24, 2.45) is 5.73 Å². The van der Waals surface area contributed by atoms with Gasteiger partial charge in [-0.2, -0.15) is 0 Å². The van der Waals surface area contributed by atoms with E-state index >= 15 is 0 Å². The normalized spacial score (nSPS) is 22.5. The second kappa shape index (κ2) is 3.14. The fourth-order valence-corrected chi connectivity index (χ4v) is 1.55. The summed E-state index contributed by atoms with van der Waals surface area (Å²) in [7, 11) is 1.99. The van der Waals surface area contributed by atoms with Crippen molar-refractivity contribution < 1.29 is 4.79 Å². The Morgan fingerprint density at radius 1 is 1.62 bits per heavy atom. The van der Waals surface area contributed by atoms with E-state index in [2.05, 4.69) is 4.90 Å². The van der Waals surface area contributed by atoms with Gasteiger partial charge in [-0.15, -0.1) is 0 Å². The molecule has 1 aliphatic heterocycles. The Morgan fingerprint density at radius 3 is 2.46 bits per heavy atom. The predicted octanol–water partition coefficient (Wildman–Crippen LogP) is 0.902. The van der Waals surface area contributed by atoms with Crippen LogP contribution in [0.2, 0.25) is 0 Å². The molecule has 0 atom stereocenters. The first-order chi connectivity index (χ1) is 5.91. The lowest BCUT2D eigenvalue weighted by Crippen LogP contribution is -2.40. The number of carbonyl (C=O) groups is 1. The molecule has 0 bridgehead atoms. The Balaban J connectivity index is 3.01. The molecule has 3 nitrogen and oxygen atoms in total. The van der Waals surface area contributed by atoms with E-state index in [9.17, 15) is 4.79 Å². The minimum absolute atomic E-state index is 0.167. The number of hydrogen-bond acceptors (Lipinski definition) is 3. The number of likely N-dealkylation sites (N-methyl/N-ethyl adjacent to an activating group) is 1. The Morgan fingerprint density at radius 2 is 2.15 bits per heavy atom. The second-order valence-corrected chi connectivity index (χ2v) is 4.08. The van der Waals surface area contributed by atoms with Crippen LogP contribution in [-0.4, -0.2) is 29.8 Å². The molecule has 1 aliphatic rings. The Hall–Kier alpha value is -0.830. The highest BCUT2D eigenvalue weighted by Crippen LogP contribution is 2.30. The van der Waals surface area contributed by atoms with Gasteiger partial charge in [0.25, 0.3) is 0 Å². The van der Waals surface area contributed by atoms with E-state index in [0.717, 1.165) is 11.3 Å². The van der Waals surface area contributed by atoms with Gasteiger partial charge in [0.2, 0.25) is 0 Å². The highest BCUT2D eigenvalue weighted by Gasteiger charge is 2.37. The molecule has 0 aromatic carbocycles. The molecule has 0 aliphatic carbocycles. The van der Waals surface area contributed by atoms with Crippen LogP contribution in [0.1, 0.15) is 27.2 Å². The van der Waals surface area contributed by atoms with Gasteiger partial charge in [-0.05, 0) is 20.9 Å². The van der Waals surface area contributed by atoms with Crippen LogP contribution in [0, 0.1) is 0 Å². The van der Waals surface area contributed by atoms with Crippen molar-refractivity contribution in [2.45, 2.75) is 32.7 Å². The van der Waals surface area contributed by atoms with E-state index in [1.165, 1.54) is 0 Å². The van der Waals surface area contributed by atoms with E-state index < -0.39 is 0 Å². The van der Waals surface area contributed by atoms with Crippen LogP contribution in [0.4, 0.5) is 0 Å². The highest BCUT2D eigenvalue weighted by atomic mass is 16.1. The molecule has 74 valence electrons. The SMILES string of the molecule is CCC(=O)C1=C(N)C(C)(C)N(C)C1. The van der Waals surface area contributed by atoms with Gasteiger partial charge in [-0.25, -0.2) is 0 Å². The summed E-state index contributed by atoms with van der Waals surface area (Å²) in [6.45, 7) is 6.63. The highest BCUT2D eigenvalue weighted by molar-refractivity contribution is 5.97. The van der Waals surface area contributed by atoms with Crippen LogP contribution in [-0.2, 0) is 4.79 Å². The monoisotopic (exact) mass is 182 g/mol. The number of rotatable bonds is 2. The van der Waals surface area contributed by atoms with E-state index in [-0.39, 0.29) is 11.3 Å². The molecule has 0 unspecified atom stereocenters. The van der Waals surface area contributed by atoms with Crippen LogP contribution < -0.4 is 5.73 Å². The summed E-state index contributed by atoms with van der Waals surface area (Å²) in [5.74, 6) is 0.176. The molecular weight excluding hydrogens is 164 g/mol. The first-order valence-electron chi connectivity index (χ1n) is 4.64. The quantitative estimate of drug-likeness (QED) is 0.690. The third-order valence-electron chi connectivity index (χ3n) is 2.99. The maximum absolute atomic E-state index is 11.5. The standard InChI is InChI=1S/C10H18N2O/c1-5-8(13)7-6-12(4)10(2,3)9(7)11/h5-6,11H2,1-4H3. The molecule has 0 aromatic rings. The summed E-state index contributed by atoms with van der Waals surface area (Å²) in [6, 6.07) is 0. The Bertz CT molecular complexity index is 266. The third kappa shape index (κ3) is 1.48. The number of nitrogens with two attached hydrogens (primary N) is 1. The molecule has 0 saturated heterocycles. The van der Waals surface area contributed by atoms with Gasteiger partial charge in [-0.1, -0.05) is 6.92 Å². The molecular formula is C10H18N2O. The largest absolute Gasteiger partial charge is 0.400 e. The summed E-state index contributed by atoms with van der Waals surface area (Å²) in [5, 5.41) is 0. The zero-order chi connectivity index (χ0) is 10.2. The number of nitrogens with zero attached hydrogens (tertiary/aromatic N) is 1. The van der Waals surface area contributed by atoms with Crippen LogP contribution >= 0.6 is 0 Å². The molecule has 1 rings (SSSR count). The lowest BCUT2D eigenvalue weighted by atomic mass is 9.99. The van der Waals surface area contributed by atoms with Crippen molar-refractivity contribution in [1.82, 2.24) is 4.90 Å². The minimum Gasteiger partial charge on any atom is -0.400 e. The zero-order valence-electron chi connectivity index (χ0n) is 8.85. The molecule has 0 radical (unpaired) electrons. The maximum Gasteiger partial charge on any atom is 0.161 e. The average Bonchev–Trinajstić information content (AvgIpc) is 2.28. The number of ketones is 1. The van der Waals surface area contributed by atoms with Crippen LogP contribution in [0.25, 0.3) is 0 Å². The van der Waals surface area contributed by atoms with Crippen LogP contribution in [0.3, 0.4) is 0 Å². The summed E-state index contributed by atoms with van der Waals surface area (Å²) in [6.07, 6.45) is 0.542. The van der Waals surface area contributed by atoms with Crippen molar-refractivity contribution in [3.8, 4) is 0 Å². The van der Waals surface area contributed by atoms with Gasteiger partial charge in [0, 0.05) is 24.2 Å². The molecule has 2 N–H and O–H groups in total. The van der Waals surface area contributed by atoms with Gasteiger partial charge in [0.1, 0.15) is 0 Å². The van der Waals surface area contributed by atoms with Crippen molar-refractivity contribution >= 4 is 5.78 Å². The van der Waals surface area contributed by atoms with Gasteiger partial charge < -0.3 is 5.73 Å². The summed E-state index contributed by atoms with van der Waals surface area (Å²) in [4.78, 5) is 13.6. The molecule has 0 saturated carbocycles. The van der Waals surface area contributed by atoms with E-state index in [0.29, 0.717) is 13.0 Å². The summed E-state index contributed by atoms with van der Waals surface area (Å²) in [5.41, 5.74) is 7.31. The molecule has 3 heteroatoms. The zero-order valence-corrected chi connectivity index (χ0v) is 8.85. The number of Topliss-reactive ketones (excluding diaryl/α,β-unsaturated/α-hetero) is 1. The van der Waals surface area contributed by atoms with Crippen molar-refractivity contribution in [3.05, 3.63) is 11.3 Å². The van der Waals surface area contributed by atoms with Crippen LogP contribution in [0.5, 0.6) is 0 Å². The fourth-order valence-electron chi connectivity index (χ4n) is 1.55. The van der Waals surface area contributed by atoms with Gasteiger partial charge >= 0.3 is 0 Å². The molecule has 0 amide bonds. The third-order valence-corrected chi connectivity index (χ3v) is 2.99. The van der Waals surface area contributed by atoms with Crippen LogP contribution in [0.15, 0.2) is 11.3 Å².